The van der Waals surface area contributed by atoms with Gasteiger partial charge in [0.05, 0.1) is 67.2 Å². The van der Waals surface area contributed by atoms with Crippen LogP contribution in [0.3, 0.4) is 0 Å². The van der Waals surface area contributed by atoms with Crippen molar-refractivity contribution in [2.45, 2.75) is 19.9 Å². The standard InChI is InChI=1S/C27H27N3O9S/c1-6-38-19-9-8-15(10-22(19)39-7-2)24-17(26(32)37-5)14-28-27-29(24)25(31)23(40-27)12-16-11-20(35-3)21(36-4)13-18(16)30(33)34/h8-14,24H,6-7H2,1-5H3/b23-12-/t24-/m1/s1. The zero-order valence-corrected chi connectivity index (χ0v) is 23.3. The molecule has 0 radical (unpaired) electrons. The van der Waals surface area contributed by atoms with Crippen molar-refractivity contribution in [3.63, 3.8) is 0 Å². The predicted octanol–water partition coefficient (Wildman–Crippen LogP) is 2.74. The van der Waals surface area contributed by atoms with Gasteiger partial charge >= 0.3 is 5.97 Å². The molecule has 3 aromatic rings. The summed E-state index contributed by atoms with van der Waals surface area (Å²) in [7, 11) is 4.02. The smallest absolute Gasteiger partial charge is 0.337 e. The van der Waals surface area contributed by atoms with Crippen LogP contribution >= 0.6 is 11.3 Å². The molecule has 12 nitrogen and oxygen atoms in total. The summed E-state index contributed by atoms with van der Waals surface area (Å²) in [6.45, 7) is 4.47. The fourth-order valence-corrected chi connectivity index (χ4v) is 5.25. The summed E-state index contributed by atoms with van der Waals surface area (Å²) in [6.07, 6.45) is 2.76. The summed E-state index contributed by atoms with van der Waals surface area (Å²) in [5.74, 6) is 0.744. The van der Waals surface area contributed by atoms with Crippen molar-refractivity contribution in [2.24, 2.45) is 4.99 Å². The van der Waals surface area contributed by atoms with Crippen LogP contribution in [0.4, 0.5) is 5.69 Å². The lowest BCUT2D eigenvalue weighted by molar-refractivity contribution is -0.385. The number of ether oxygens (including phenoxy) is 5. The molecule has 1 aromatic heterocycles. The Morgan fingerprint density at radius 2 is 1.73 bits per heavy atom. The van der Waals surface area contributed by atoms with Crippen molar-refractivity contribution in [3.05, 3.63) is 83.0 Å². The number of rotatable bonds is 10. The zero-order valence-electron chi connectivity index (χ0n) is 22.5. The van der Waals surface area contributed by atoms with Gasteiger partial charge < -0.3 is 23.7 Å². The third kappa shape index (κ3) is 5.27. The van der Waals surface area contributed by atoms with Crippen LogP contribution in [-0.4, -0.2) is 50.0 Å². The number of hydrogen-bond acceptors (Lipinski definition) is 11. The minimum absolute atomic E-state index is 0.130. The van der Waals surface area contributed by atoms with Crippen LogP contribution in [-0.2, 0) is 9.53 Å². The Morgan fingerprint density at radius 3 is 2.35 bits per heavy atom. The number of nitrogens with zero attached hydrogens (tertiary/aromatic N) is 3. The molecule has 0 fully saturated rings. The van der Waals surface area contributed by atoms with Crippen molar-refractivity contribution in [2.75, 3.05) is 34.5 Å². The first-order valence-corrected chi connectivity index (χ1v) is 13.0. The van der Waals surface area contributed by atoms with E-state index in [0.29, 0.717) is 35.1 Å². The fourth-order valence-electron chi connectivity index (χ4n) is 4.29. The molecule has 2 aromatic carbocycles. The Bertz CT molecular complexity index is 1670. The first-order valence-electron chi connectivity index (χ1n) is 12.2. The second-order valence-electron chi connectivity index (χ2n) is 8.27. The number of fused-ring (bicyclic) bond motifs is 1. The van der Waals surface area contributed by atoms with Gasteiger partial charge in [0, 0.05) is 6.20 Å². The number of carbonyl (C=O) groups is 1. The summed E-state index contributed by atoms with van der Waals surface area (Å²) < 4.78 is 28.4. The Balaban J connectivity index is 1.95. The van der Waals surface area contributed by atoms with E-state index in [9.17, 15) is 19.7 Å². The van der Waals surface area contributed by atoms with Crippen molar-refractivity contribution in [1.29, 1.82) is 0 Å². The van der Waals surface area contributed by atoms with E-state index in [1.54, 1.807) is 18.2 Å². The SMILES string of the molecule is CCOc1ccc([C@@H]2C(C(=O)OC)=CN=c3s/c(=C\c4cc(OC)c(OC)cc4[N+](=O)[O-])c(=O)n32)cc1OCC. The van der Waals surface area contributed by atoms with E-state index >= 15 is 0 Å². The number of nitro benzene ring substituents is 1. The summed E-state index contributed by atoms with van der Waals surface area (Å²) in [5.41, 5.74) is 0.0482. The highest BCUT2D eigenvalue weighted by atomic mass is 32.1. The van der Waals surface area contributed by atoms with Gasteiger partial charge in [-0.05, 0) is 43.7 Å². The maximum absolute atomic E-state index is 13.8. The average Bonchev–Trinajstić information content (AvgIpc) is 3.27. The summed E-state index contributed by atoms with van der Waals surface area (Å²) in [6, 6.07) is 6.90. The molecule has 0 amide bonds. The van der Waals surface area contributed by atoms with Crippen molar-refractivity contribution in [3.8, 4) is 23.0 Å². The average molecular weight is 570 g/mol. The number of aromatic nitrogens is 1. The van der Waals surface area contributed by atoms with Crippen LogP contribution in [0.25, 0.3) is 6.08 Å². The molecule has 0 bridgehead atoms. The van der Waals surface area contributed by atoms with Gasteiger partial charge in [-0.15, -0.1) is 0 Å². The Labute approximate surface area is 232 Å². The van der Waals surface area contributed by atoms with E-state index in [1.165, 1.54) is 50.3 Å². The normalized spacial score (nSPS) is 14.5. The zero-order chi connectivity index (χ0) is 29.0. The predicted molar refractivity (Wildman–Crippen MR) is 146 cm³/mol. The number of nitro groups is 1. The molecular weight excluding hydrogens is 542 g/mol. The Kier molecular flexibility index (Phi) is 8.53. The van der Waals surface area contributed by atoms with Crippen molar-refractivity contribution >= 4 is 29.1 Å². The summed E-state index contributed by atoms with van der Waals surface area (Å²) >= 11 is 1.03. The molecule has 2 heterocycles. The number of benzene rings is 2. The van der Waals surface area contributed by atoms with Crippen LogP contribution in [0.5, 0.6) is 23.0 Å². The van der Waals surface area contributed by atoms with Gasteiger partial charge in [0.25, 0.3) is 11.2 Å². The van der Waals surface area contributed by atoms with E-state index in [2.05, 4.69) is 4.99 Å². The molecule has 0 saturated carbocycles. The second-order valence-corrected chi connectivity index (χ2v) is 9.28. The van der Waals surface area contributed by atoms with Gasteiger partial charge in [-0.3, -0.25) is 19.5 Å². The lowest BCUT2D eigenvalue weighted by Gasteiger charge is -2.23. The van der Waals surface area contributed by atoms with Crippen LogP contribution in [0.2, 0.25) is 0 Å². The van der Waals surface area contributed by atoms with Crippen LogP contribution < -0.4 is 33.8 Å². The van der Waals surface area contributed by atoms with Gasteiger partial charge in [0.2, 0.25) is 0 Å². The third-order valence-electron chi connectivity index (χ3n) is 6.02. The van der Waals surface area contributed by atoms with Gasteiger partial charge in [0.1, 0.15) is 0 Å². The molecule has 0 saturated heterocycles. The highest BCUT2D eigenvalue weighted by Gasteiger charge is 2.31. The molecule has 1 aliphatic heterocycles. The van der Waals surface area contributed by atoms with Gasteiger partial charge in [-0.1, -0.05) is 17.4 Å². The Hall–Kier alpha value is -4.65. The van der Waals surface area contributed by atoms with Gasteiger partial charge in [-0.25, -0.2) is 9.79 Å². The molecule has 210 valence electrons. The van der Waals surface area contributed by atoms with E-state index < -0.39 is 22.5 Å². The minimum atomic E-state index is -0.902. The molecule has 0 unspecified atom stereocenters. The lowest BCUT2D eigenvalue weighted by Crippen LogP contribution is -2.39. The molecular formula is C27H27N3O9S. The van der Waals surface area contributed by atoms with Crippen molar-refractivity contribution < 1.29 is 33.4 Å². The fraction of sp³-hybridized carbons (Fsp3) is 0.296. The molecule has 40 heavy (non-hydrogen) atoms. The van der Waals surface area contributed by atoms with Gasteiger partial charge in [-0.2, -0.15) is 0 Å². The molecule has 0 spiro atoms. The summed E-state index contributed by atoms with van der Waals surface area (Å²) in [4.78, 5) is 42.5. The minimum Gasteiger partial charge on any atom is -0.493 e. The lowest BCUT2D eigenvalue weighted by atomic mass is 9.97. The molecule has 0 aliphatic carbocycles. The number of hydrogen-bond donors (Lipinski definition) is 0. The molecule has 0 N–H and O–H groups in total. The van der Waals surface area contributed by atoms with E-state index in [1.807, 2.05) is 13.8 Å². The maximum Gasteiger partial charge on any atom is 0.337 e. The number of methoxy groups -OCH3 is 3. The Morgan fingerprint density at radius 1 is 1.05 bits per heavy atom. The van der Waals surface area contributed by atoms with E-state index in [4.69, 9.17) is 23.7 Å². The third-order valence-corrected chi connectivity index (χ3v) is 7.02. The maximum atomic E-state index is 13.8. The van der Waals surface area contributed by atoms with E-state index in [-0.39, 0.29) is 32.9 Å². The highest BCUT2D eigenvalue weighted by molar-refractivity contribution is 7.07. The quantitative estimate of drug-likeness (QED) is 0.205. The van der Waals surface area contributed by atoms with E-state index in [0.717, 1.165) is 11.3 Å². The first-order chi connectivity index (χ1) is 19.3. The van der Waals surface area contributed by atoms with Crippen LogP contribution in [0, 0.1) is 10.1 Å². The molecule has 4 rings (SSSR count). The number of esters is 1. The van der Waals surface area contributed by atoms with Crippen molar-refractivity contribution in [1.82, 2.24) is 4.57 Å². The number of thiazole rings is 1. The first kappa shape index (κ1) is 28.4. The molecule has 1 aliphatic rings. The van der Waals surface area contributed by atoms with Crippen LogP contribution in [0.1, 0.15) is 31.0 Å². The second kappa shape index (κ2) is 12.0. The molecule has 13 heteroatoms. The number of carbonyl (C=O) groups excluding carboxylic acids is 1. The molecule has 1 atom stereocenters. The largest absolute Gasteiger partial charge is 0.493 e. The summed E-state index contributed by atoms with van der Waals surface area (Å²) in [5, 5.41) is 11.8. The topological polar surface area (TPSA) is 141 Å². The van der Waals surface area contributed by atoms with Crippen LogP contribution in [0.15, 0.2) is 51.9 Å². The van der Waals surface area contributed by atoms with Gasteiger partial charge in [0.15, 0.2) is 27.8 Å². The monoisotopic (exact) mass is 569 g/mol. The highest BCUT2D eigenvalue weighted by Crippen LogP contribution is 2.36.